The summed E-state index contributed by atoms with van der Waals surface area (Å²) in [7, 11) is -4.44. The van der Waals surface area contributed by atoms with Crippen molar-refractivity contribution in [1.82, 2.24) is 9.21 Å². The molecule has 0 bridgehead atoms. The van der Waals surface area contributed by atoms with E-state index < -0.39 is 44.9 Å². The van der Waals surface area contributed by atoms with E-state index in [-0.39, 0.29) is 37.5 Å². The molecule has 6 nitrogen and oxygen atoms in total. The number of amides is 1. The van der Waals surface area contributed by atoms with E-state index in [0.717, 1.165) is 4.31 Å². The fourth-order valence-electron chi connectivity index (χ4n) is 2.94. The lowest BCUT2D eigenvalue weighted by molar-refractivity contribution is -0.0498. The molecule has 1 saturated heterocycles. The van der Waals surface area contributed by atoms with Gasteiger partial charge in [-0.2, -0.15) is 13.1 Å². The largest absolute Gasteiger partial charge is 0.435 e. The number of ether oxygens (including phenoxy) is 1. The van der Waals surface area contributed by atoms with Crippen LogP contribution in [0.3, 0.4) is 0 Å². The van der Waals surface area contributed by atoms with E-state index in [1.807, 2.05) is 0 Å². The van der Waals surface area contributed by atoms with Gasteiger partial charge in [0, 0.05) is 31.7 Å². The third-order valence-corrected chi connectivity index (χ3v) is 6.39. The number of piperazine rings is 1. The fraction of sp³-hybridized carbons (Fsp3) is 0.278. The molecule has 0 radical (unpaired) electrons. The number of hydrogen-bond donors (Lipinski definition) is 0. The monoisotopic (exact) mass is 450 g/mol. The minimum Gasteiger partial charge on any atom is -0.435 e. The van der Waals surface area contributed by atoms with Crippen LogP contribution < -0.4 is 4.74 Å². The standard InChI is InChI=1S/C18H15F5N2O4S/c19-13-5-6-14(16(21)15(13)20)30(27,28)25-9-7-24(8-10-25)17(26)11-1-3-12(4-2-11)29-18(22)23/h1-6,18H,7-10H2. The molecule has 1 aliphatic rings. The predicted molar refractivity (Wildman–Crippen MR) is 94.1 cm³/mol. The summed E-state index contributed by atoms with van der Waals surface area (Å²) >= 11 is 0. The van der Waals surface area contributed by atoms with Gasteiger partial charge in [-0.1, -0.05) is 0 Å². The third kappa shape index (κ3) is 4.38. The number of carbonyl (C=O) groups excluding carboxylic acids is 1. The molecule has 0 unspecified atom stereocenters. The van der Waals surface area contributed by atoms with E-state index in [1.54, 1.807) is 0 Å². The Balaban J connectivity index is 1.68. The predicted octanol–water partition coefficient (Wildman–Crippen LogP) is 2.85. The van der Waals surface area contributed by atoms with Crippen molar-refractivity contribution in [1.29, 1.82) is 0 Å². The number of alkyl halides is 2. The molecule has 12 heteroatoms. The van der Waals surface area contributed by atoms with Crippen molar-refractivity contribution in [3.63, 3.8) is 0 Å². The van der Waals surface area contributed by atoms with Crippen molar-refractivity contribution in [2.75, 3.05) is 26.2 Å². The molecule has 1 amide bonds. The molecule has 0 spiro atoms. The number of benzene rings is 2. The van der Waals surface area contributed by atoms with E-state index in [4.69, 9.17) is 0 Å². The van der Waals surface area contributed by atoms with Crippen LogP contribution in [0.4, 0.5) is 22.0 Å². The minimum atomic E-state index is -4.44. The van der Waals surface area contributed by atoms with Crippen LogP contribution in [0.5, 0.6) is 5.75 Å². The summed E-state index contributed by atoms with van der Waals surface area (Å²) in [6, 6.07) is 6.15. The Kier molecular flexibility index (Phi) is 6.27. The number of sulfonamides is 1. The molecule has 0 saturated carbocycles. The van der Waals surface area contributed by atoms with Crippen molar-refractivity contribution in [3.8, 4) is 5.75 Å². The van der Waals surface area contributed by atoms with Crippen molar-refractivity contribution in [2.24, 2.45) is 0 Å². The first-order valence-electron chi connectivity index (χ1n) is 8.59. The van der Waals surface area contributed by atoms with Crippen molar-refractivity contribution < 1.29 is 39.9 Å². The number of hydrogen-bond acceptors (Lipinski definition) is 4. The van der Waals surface area contributed by atoms with Crippen molar-refractivity contribution in [3.05, 3.63) is 59.4 Å². The summed E-state index contributed by atoms with van der Waals surface area (Å²) in [6.45, 7) is -3.48. The SMILES string of the molecule is O=C(c1ccc(OC(F)F)cc1)N1CCN(S(=O)(=O)c2ccc(F)c(F)c2F)CC1. The number of halogens is 5. The zero-order valence-electron chi connectivity index (χ0n) is 15.2. The van der Waals surface area contributed by atoms with E-state index in [0.29, 0.717) is 12.1 Å². The van der Waals surface area contributed by atoms with Crippen LogP contribution in [-0.4, -0.2) is 56.3 Å². The van der Waals surface area contributed by atoms with Crippen LogP contribution in [0.15, 0.2) is 41.3 Å². The molecule has 0 atom stereocenters. The van der Waals surface area contributed by atoms with Gasteiger partial charge in [-0.3, -0.25) is 4.79 Å². The Morgan fingerprint density at radius 3 is 2.07 bits per heavy atom. The quantitative estimate of drug-likeness (QED) is 0.519. The molecule has 0 N–H and O–H groups in total. The summed E-state index contributed by atoms with van der Waals surface area (Å²) < 4.78 is 94.9. The third-order valence-electron chi connectivity index (χ3n) is 4.47. The minimum absolute atomic E-state index is 0.0430. The van der Waals surface area contributed by atoms with Gasteiger partial charge in [0.2, 0.25) is 10.0 Å². The van der Waals surface area contributed by atoms with Gasteiger partial charge in [0.25, 0.3) is 5.91 Å². The van der Waals surface area contributed by atoms with Gasteiger partial charge in [-0.25, -0.2) is 21.6 Å². The first-order chi connectivity index (χ1) is 14.1. The summed E-state index contributed by atoms with van der Waals surface area (Å²) in [4.78, 5) is 12.9. The normalized spacial score (nSPS) is 15.5. The Bertz CT molecular complexity index is 1040. The fourth-order valence-corrected chi connectivity index (χ4v) is 4.42. The van der Waals surface area contributed by atoms with Crippen LogP contribution >= 0.6 is 0 Å². The lowest BCUT2D eigenvalue weighted by Gasteiger charge is -2.34. The second kappa shape index (κ2) is 8.56. The van der Waals surface area contributed by atoms with E-state index in [1.165, 1.54) is 29.2 Å². The van der Waals surface area contributed by atoms with E-state index in [9.17, 15) is 35.2 Å². The van der Waals surface area contributed by atoms with Crippen LogP contribution in [0.1, 0.15) is 10.4 Å². The zero-order chi connectivity index (χ0) is 22.1. The van der Waals surface area contributed by atoms with Gasteiger partial charge in [-0.15, -0.1) is 0 Å². The molecule has 2 aromatic carbocycles. The molecular formula is C18H15F5N2O4S. The molecule has 30 heavy (non-hydrogen) atoms. The highest BCUT2D eigenvalue weighted by Gasteiger charge is 2.33. The first kappa shape index (κ1) is 22.0. The molecule has 0 aliphatic carbocycles. The van der Waals surface area contributed by atoms with Crippen molar-refractivity contribution in [2.45, 2.75) is 11.5 Å². The van der Waals surface area contributed by atoms with E-state index >= 15 is 0 Å². The lowest BCUT2D eigenvalue weighted by atomic mass is 10.2. The van der Waals surface area contributed by atoms with Crippen LogP contribution in [0.25, 0.3) is 0 Å². The van der Waals surface area contributed by atoms with E-state index in [2.05, 4.69) is 4.74 Å². The number of rotatable bonds is 5. The van der Waals surface area contributed by atoms with Gasteiger partial charge in [0.1, 0.15) is 10.6 Å². The van der Waals surface area contributed by atoms with Crippen LogP contribution in [-0.2, 0) is 10.0 Å². The second-order valence-electron chi connectivity index (χ2n) is 6.27. The molecule has 1 heterocycles. The molecule has 0 aromatic heterocycles. The molecular weight excluding hydrogens is 435 g/mol. The number of carbonyl (C=O) groups is 1. The Hall–Kier alpha value is -2.73. The summed E-state index contributed by atoms with van der Waals surface area (Å²) in [5.41, 5.74) is 0.180. The first-order valence-corrected chi connectivity index (χ1v) is 10.0. The molecule has 2 aromatic rings. The maximum atomic E-state index is 13.9. The molecule has 1 fully saturated rings. The highest BCUT2D eigenvalue weighted by molar-refractivity contribution is 7.89. The zero-order valence-corrected chi connectivity index (χ0v) is 16.0. The molecule has 162 valence electrons. The van der Waals surface area contributed by atoms with Gasteiger partial charge in [-0.05, 0) is 36.4 Å². The van der Waals surface area contributed by atoms with Crippen molar-refractivity contribution >= 4 is 15.9 Å². The van der Waals surface area contributed by atoms with Crippen LogP contribution in [0.2, 0.25) is 0 Å². The Morgan fingerprint density at radius 1 is 0.900 bits per heavy atom. The maximum absolute atomic E-state index is 13.9. The average molecular weight is 450 g/mol. The summed E-state index contributed by atoms with van der Waals surface area (Å²) in [5, 5.41) is 0. The van der Waals surface area contributed by atoms with Gasteiger partial charge < -0.3 is 9.64 Å². The topological polar surface area (TPSA) is 66.9 Å². The molecule has 3 rings (SSSR count). The highest BCUT2D eigenvalue weighted by atomic mass is 32.2. The summed E-state index contributed by atoms with van der Waals surface area (Å²) in [5.74, 6) is -5.78. The van der Waals surface area contributed by atoms with Gasteiger partial charge >= 0.3 is 6.61 Å². The number of nitrogens with zero attached hydrogens (tertiary/aromatic N) is 2. The lowest BCUT2D eigenvalue weighted by Crippen LogP contribution is -2.50. The van der Waals surface area contributed by atoms with Crippen LogP contribution in [0, 0.1) is 17.5 Å². The second-order valence-corrected chi connectivity index (χ2v) is 8.18. The maximum Gasteiger partial charge on any atom is 0.387 e. The summed E-state index contributed by atoms with van der Waals surface area (Å²) in [6.07, 6.45) is 0. The van der Waals surface area contributed by atoms with Gasteiger partial charge in [0.05, 0.1) is 0 Å². The average Bonchev–Trinajstić information content (AvgIpc) is 2.71. The highest BCUT2D eigenvalue weighted by Crippen LogP contribution is 2.24. The Morgan fingerprint density at radius 2 is 1.50 bits per heavy atom. The van der Waals surface area contributed by atoms with Gasteiger partial charge in [0.15, 0.2) is 17.5 Å². The smallest absolute Gasteiger partial charge is 0.387 e. The Labute approximate surface area is 168 Å². The molecule has 1 aliphatic heterocycles.